The summed E-state index contributed by atoms with van der Waals surface area (Å²) in [6, 6.07) is 0. The Balaban J connectivity index is 1.29. The smallest absolute Gasteiger partial charge is 0.146 e. The fraction of sp³-hybridized carbons (Fsp3) is 0.900. The summed E-state index contributed by atoms with van der Waals surface area (Å²) in [5, 5.41) is 9.16. The van der Waals surface area contributed by atoms with E-state index in [2.05, 4.69) is 43.6 Å². The molecule has 0 N–H and O–H groups in total. The molecule has 6 heteroatoms. The first-order chi connectivity index (χ1) is 12.7. The molecule has 1 saturated carbocycles. The molecule has 4 rings (SSSR count). The summed E-state index contributed by atoms with van der Waals surface area (Å²) < 4.78 is 2.29. The largest absolute Gasteiger partial charge is 0.317 e. The highest BCUT2D eigenvalue weighted by Crippen LogP contribution is 2.30. The highest BCUT2D eigenvalue weighted by molar-refractivity contribution is 5.03. The normalized spacial score (nSPS) is 25.3. The van der Waals surface area contributed by atoms with Crippen molar-refractivity contribution in [2.75, 3.05) is 52.9 Å². The highest BCUT2D eigenvalue weighted by atomic mass is 15.3. The monoisotopic (exact) mass is 360 g/mol. The standard InChI is InChI=1S/C20H36N6/c1-23-11-13-26(14-12-23)16-19-21-22-20(24(19)2)18-7-9-25(10-8-18)15-17-5-3-4-6-17/h17-18H,3-16H2,1-2H3. The zero-order valence-electron chi connectivity index (χ0n) is 16.7. The van der Waals surface area contributed by atoms with Crippen LogP contribution in [0, 0.1) is 5.92 Å². The Morgan fingerprint density at radius 3 is 2.19 bits per heavy atom. The number of piperidine rings is 1. The van der Waals surface area contributed by atoms with Crippen molar-refractivity contribution in [3.63, 3.8) is 0 Å². The first-order valence-electron chi connectivity index (χ1n) is 10.7. The van der Waals surface area contributed by atoms with Crippen molar-refractivity contribution in [1.82, 2.24) is 29.5 Å². The average Bonchev–Trinajstić information content (AvgIpc) is 3.28. The van der Waals surface area contributed by atoms with Crippen LogP contribution >= 0.6 is 0 Å². The van der Waals surface area contributed by atoms with Crippen molar-refractivity contribution in [2.45, 2.75) is 51.0 Å². The molecule has 0 atom stereocenters. The number of nitrogens with zero attached hydrogens (tertiary/aromatic N) is 6. The van der Waals surface area contributed by atoms with Crippen molar-refractivity contribution in [3.8, 4) is 0 Å². The van der Waals surface area contributed by atoms with Gasteiger partial charge < -0.3 is 14.4 Å². The van der Waals surface area contributed by atoms with E-state index in [1.165, 1.54) is 64.0 Å². The molecule has 0 amide bonds. The molecule has 1 aromatic rings. The van der Waals surface area contributed by atoms with Crippen LogP contribution in [0.5, 0.6) is 0 Å². The third-order valence-corrected chi connectivity index (χ3v) is 6.90. The molecular formula is C20H36N6. The Bertz CT molecular complexity index is 563. The van der Waals surface area contributed by atoms with E-state index >= 15 is 0 Å². The zero-order chi connectivity index (χ0) is 17.9. The minimum Gasteiger partial charge on any atom is -0.317 e. The number of rotatable bonds is 5. The molecule has 0 unspecified atom stereocenters. The van der Waals surface area contributed by atoms with Crippen molar-refractivity contribution >= 4 is 0 Å². The Labute approximate surface area is 158 Å². The van der Waals surface area contributed by atoms with Crippen LogP contribution in [0.2, 0.25) is 0 Å². The molecule has 6 nitrogen and oxygen atoms in total. The zero-order valence-corrected chi connectivity index (χ0v) is 16.7. The van der Waals surface area contributed by atoms with Gasteiger partial charge in [0.15, 0.2) is 0 Å². The minimum absolute atomic E-state index is 0.591. The molecule has 2 aliphatic heterocycles. The Morgan fingerprint density at radius 2 is 1.50 bits per heavy atom. The Hall–Kier alpha value is -0.980. The molecule has 1 aromatic heterocycles. The SMILES string of the molecule is CN1CCN(Cc2nnc(C3CCN(CC4CCCC4)CC3)n2C)CC1. The molecular weight excluding hydrogens is 324 g/mol. The Morgan fingerprint density at radius 1 is 0.808 bits per heavy atom. The second kappa shape index (κ2) is 8.36. The molecule has 0 bridgehead atoms. The molecule has 146 valence electrons. The molecule has 0 spiro atoms. The van der Waals surface area contributed by atoms with Gasteiger partial charge in [-0.1, -0.05) is 12.8 Å². The van der Waals surface area contributed by atoms with Crippen molar-refractivity contribution in [2.24, 2.45) is 13.0 Å². The third-order valence-electron chi connectivity index (χ3n) is 6.90. The minimum atomic E-state index is 0.591. The van der Waals surface area contributed by atoms with Gasteiger partial charge in [0, 0.05) is 45.7 Å². The van der Waals surface area contributed by atoms with Gasteiger partial charge in [-0.3, -0.25) is 4.90 Å². The summed E-state index contributed by atoms with van der Waals surface area (Å²) in [6.07, 6.45) is 8.31. The summed E-state index contributed by atoms with van der Waals surface area (Å²) >= 11 is 0. The van der Waals surface area contributed by atoms with Crippen LogP contribution in [0.25, 0.3) is 0 Å². The van der Waals surface area contributed by atoms with Crippen LogP contribution in [-0.2, 0) is 13.6 Å². The van der Waals surface area contributed by atoms with Crippen LogP contribution < -0.4 is 0 Å². The predicted octanol–water partition coefficient (Wildman–Crippen LogP) is 1.93. The van der Waals surface area contributed by atoms with E-state index in [1.807, 2.05) is 0 Å². The molecule has 0 radical (unpaired) electrons. The third kappa shape index (κ3) is 4.29. The lowest BCUT2D eigenvalue weighted by atomic mass is 9.95. The number of aromatic nitrogens is 3. The Kier molecular flexibility index (Phi) is 5.91. The highest BCUT2D eigenvalue weighted by Gasteiger charge is 2.27. The average molecular weight is 361 g/mol. The van der Waals surface area contributed by atoms with Crippen molar-refractivity contribution < 1.29 is 0 Å². The topological polar surface area (TPSA) is 40.4 Å². The second-order valence-electron chi connectivity index (χ2n) is 8.84. The van der Waals surface area contributed by atoms with Crippen LogP contribution in [0.3, 0.4) is 0 Å². The maximum atomic E-state index is 4.61. The van der Waals surface area contributed by atoms with E-state index in [0.717, 1.165) is 44.5 Å². The fourth-order valence-corrected chi connectivity index (χ4v) is 5.01. The number of likely N-dealkylation sites (tertiary alicyclic amines) is 1. The first-order valence-corrected chi connectivity index (χ1v) is 10.7. The van der Waals surface area contributed by atoms with E-state index in [-0.39, 0.29) is 0 Å². The maximum absolute atomic E-state index is 4.61. The number of likely N-dealkylation sites (N-methyl/N-ethyl adjacent to an activating group) is 1. The summed E-state index contributed by atoms with van der Waals surface area (Å²) in [7, 11) is 4.38. The van der Waals surface area contributed by atoms with E-state index in [1.54, 1.807) is 0 Å². The quantitative estimate of drug-likeness (QED) is 0.802. The van der Waals surface area contributed by atoms with Gasteiger partial charge in [-0.2, -0.15) is 0 Å². The summed E-state index contributed by atoms with van der Waals surface area (Å²) in [6.45, 7) is 9.34. The number of piperazine rings is 1. The van der Waals surface area contributed by atoms with Crippen LogP contribution in [0.15, 0.2) is 0 Å². The number of hydrogen-bond donors (Lipinski definition) is 0. The van der Waals surface area contributed by atoms with Gasteiger partial charge in [-0.15, -0.1) is 10.2 Å². The van der Waals surface area contributed by atoms with Crippen LogP contribution in [0.4, 0.5) is 0 Å². The van der Waals surface area contributed by atoms with Gasteiger partial charge in [0.2, 0.25) is 0 Å². The number of hydrogen-bond acceptors (Lipinski definition) is 5. The lowest BCUT2D eigenvalue weighted by Crippen LogP contribution is -2.44. The fourth-order valence-electron chi connectivity index (χ4n) is 5.01. The molecule has 1 aliphatic carbocycles. The lowest BCUT2D eigenvalue weighted by Gasteiger charge is -2.33. The van der Waals surface area contributed by atoms with Crippen molar-refractivity contribution in [3.05, 3.63) is 11.6 Å². The predicted molar refractivity (Wildman–Crippen MR) is 104 cm³/mol. The maximum Gasteiger partial charge on any atom is 0.146 e. The van der Waals surface area contributed by atoms with E-state index in [4.69, 9.17) is 0 Å². The summed E-state index contributed by atoms with van der Waals surface area (Å²) in [5.41, 5.74) is 0. The molecule has 26 heavy (non-hydrogen) atoms. The molecule has 3 fully saturated rings. The summed E-state index contributed by atoms with van der Waals surface area (Å²) in [4.78, 5) is 7.62. The van der Waals surface area contributed by atoms with Gasteiger partial charge in [-0.05, 0) is 51.7 Å². The first kappa shape index (κ1) is 18.4. The van der Waals surface area contributed by atoms with Gasteiger partial charge in [0.05, 0.1) is 6.54 Å². The van der Waals surface area contributed by atoms with Crippen LogP contribution in [0.1, 0.15) is 56.1 Å². The van der Waals surface area contributed by atoms with Gasteiger partial charge >= 0.3 is 0 Å². The second-order valence-corrected chi connectivity index (χ2v) is 8.84. The molecule has 3 heterocycles. The molecule has 0 aromatic carbocycles. The van der Waals surface area contributed by atoms with E-state index < -0.39 is 0 Å². The van der Waals surface area contributed by atoms with Crippen LogP contribution in [-0.4, -0.2) is 82.3 Å². The summed E-state index contributed by atoms with van der Waals surface area (Å²) in [5.74, 6) is 3.91. The lowest BCUT2D eigenvalue weighted by molar-refractivity contribution is 0.144. The van der Waals surface area contributed by atoms with Gasteiger partial charge in [-0.25, -0.2) is 0 Å². The van der Waals surface area contributed by atoms with Crippen molar-refractivity contribution in [1.29, 1.82) is 0 Å². The molecule has 2 saturated heterocycles. The van der Waals surface area contributed by atoms with E-state index in [0.29, 0.717) is 5.92 Å². The van der Waals surface area contributed by atoms with Gasteiger partial charge in [0.25, 0.3) is 0 Å². The molecule has 3 aliphatic rings. The van der Waals surface area contributed by atoms with E-state index in [9.17, 15) is 0 Å². The van der Waals surface area contributed by atoms with Gasteiger partial charge in [0.1, 0.15) is 11.6 Å².